The van der Waals surface area contributed by atoms with E-state index < -0.39 is 4.92 Å². The second-order valence-corrected chi connectivity index (χ2v) is 10.4. The fourth-order valence-corrected chi connectivity index (χ4v) is 4.79. The molecule has 1 aromatic heterocycles. The normalized spacial score (nSPS) is 11.4. The molecule has 0 amide bonds. The topological polar surface area (TPSA) is 109 Å². The van der Waals surface area contributed by atoms with E-state index in [4.69, 9.17) is 14.5 Å². The minimum absolute atomic E-state index is 0.0183. The van der Waals surface area contributed by atoms with Gasteiger partial charge in [0, 0.05) is 23.3 Å². The number of hydrogen-bond donors (Lipinski definition) is 0. The quantitative estimate of drug-likeness (QED) is 0.0983. The molecule has 0 N–H and O–H groups in total. The summed E-state index contributed by atoms with van der Waals surface area (Å²) < 4.78 is 13.3. The number of aryl methyl sites for hydroxylation is 1. The van der Waals surface area contributed by atoms with Crippen LogP contribution in [0.15, 0.2) is 94.8 Å². The minimum atomic E-state index is -0.438. The molecule has 0 fully saturated rings. The molecule has 0 radical (unpaired) electrons. The third-order valence-electron chi connectivity index (χ3n) is 7.05. The summed E-state index contributed by atoms with van der Waals surface area (Å²) in [5.74, 6) is 1.97. The Morgan fingerprint density at radius 2 is 1.70 bits per heavy atom. The van der Waals surface area contributed by atoms with Gasteiger partial charge in [-0.15, -0.1) is 0 Å². The molecule has 0 saturated carbocycles. The van der Waals surface area contributed by atoms with Crippen LogP contribution in [0.25, 0.3) is 22.3 Å². The van der Waals surface area contributed by atoms with Crippen LogP contribution in [0, 0.1) is 17.0 Å². The zero-order valence-corrected chi connectivity index (χ0v) is 24.5. The highest BCUT2D eigenvalue weighted by molar-refractivity contribution is 5.84. The van der Waals surface area contributed by atoms with E-state index in [2.05, 4.69) is 18.9 Å². The molecule has 0 bridgehead atoms. The van der Waals surface area contributed by atoms with Gasteiger partial charge in [-0.1, -0.05) is 38.1 Å². The maximum absolute atomic E-state index is 13.8. The van der Waals surface area contributed by atoms with Gasteiger partial charge in [0.15, 0.2) is 5.82 Å². The number of hydrogen-bond acceptors (Lipinski definition) is 7. The molecule has 0 atom stereocenters. The summed E-state index contributed by atoms with van der Waals surface area (Å²) in [4.78, 5) is 29.3. The molecule has 0 aliphatic carbocycles. The lowest BCUT2D eigenvalue weighted by atomic mass is 9.96. The maximum atomic E-state index is 13.8. The van der Waals surface area contributed by atoms with Crippen molar-refractivity contribution >= 4 is 22.8 Å². The number of nitro benzene ring substituents is 1. The van der Waals surface area contributed by atoms with Crippen LogP contribution in [0.4, 0.5) is 5.69 Å². The number of nitrogens with zero attached hydrogens (tertiary/aromatic N) is 4. The first-order chi connectivity index (χ1) is 20.8. The molecule has 0 aliphatic rings. The summed E-state index contributed by atoms with van der Waals surface area (Å²) >= 11 is 0. The van der Waals surface area contributed by atoms with Crippen molar-refractivity contribution in [2.24, 2.45) is 5.10 Å². The predicted molar refractivity (Wildman–Crippen MR) is 168 cm³/mol. The maximum Gasteiger partial charge on any atom is 0.282 e. The highest BCUT2D eigenvalue weighted by atomic mass is 16.6. The summed E-state index contributed by atoms with van der Waals surface area (Å²) in [6.45, 7) is 8.88. The Balaban J connectivity index is 1.57. The molecule has 5 rings (SSSR count). The lowest BCUT2D eigenvalue weighted by Crippen LogP contribution is -2.21. The van der Waals surface area contributed by atoms with Gasteiger partial charge in [0.1, 0.15) is 18.1 Å². The van der Waals surface area contributed by atoms with Gasteiger partial charge in [0.2, 0.25) is 0 Å². The summed E-state index contributed by atoms with van der Waals surface area (Å²) in [6, 6.07) is 24.8. The van der Waals surface area contributed by atoms with Crippen molar-refractivity contribution in [1.29, 1.82) is 0 Å². The van der Waals surface area contributed by atoms with Gasteiger partial charge in [-0.05, 0) is 85.0 Å². The first-order valence-electron chi connectivity index (χ1n) is 14.1. The van der Waals surface area contributed by atoms with Gasteiger partial charge in [-0.2, -0.15) is 9.78 Å². The van der Waals surface area contributed by atoms with Gasteiger partial charge < -0.3 is 9.47 Å². The standard InChI is InChI=1S/C34H32N4O5/c1-5-42-32-18-23(4)29(19-28(32)22(2)3)33-36-30-12-8-7-11-27(30)34(39)37(33)35-20-25-10-6-9-13-31(25)43-21-24-14-16-26(17-15-24)38(40)41/h6-20,22H,5,21H2,1-4H3. The number of ether oxygens (including phenoxy) is 2. The van der Waals surface area contributed by atoms with Crippen LogP contribution in [0.2, 0.25) is 0 Å². The van der Waals surface area contributed by atoms with Crippen molar-refractivity contribution in [3.8, 4) is 22.9 Å². The fourth-order valence-electron chi connectivity index (χ4n) is 4.79. The van der Waals surface area contributed by atoms with Gasteiger partial charge in [0.05, 0.1) is 28.6 Å². The molecule has 0 spiro atoms. The molecule has 5 aromatic rings. The van der Waals surface area contributed by atoms with E-state index in [-0.39, 0.29) is 23.8 Å². The Kier molecular flexibility index (Phi) is 8.61. The lowest BCUT2D eigenvalue weighted by molar-refractivity contribution is -0.384. The minimum Gasteiger partial charge on any atom is -0.494 e. The number of non-ortho nitro benzene ring substituents is 1. The molecule has 4 aromatic carbocycles. The molecule has 9 heteroatoms. The zero-order valence-electron chi connectivity index (χ0n) is 24.5. The monoisotopic (exact) mass is 576 g/mol. The Hall–Kier alpha value is -5.31. The number of benzene rings is 4. The largest absolute Gasteiger partial charge is 0.494 e. The Morgan fingerprint density at radius 1 is 0.977 bits per heavy atom. The van der Waals surface area contributed by atoms with Crippen molar-refractivity contribution < 1.29 is 14.4 Å². The second kappa shape index (κ2) is 12.7. The van der Waals surface area contributed by atoms with E-state index in [9.17, 15) is 14.9 Å². The Bertz CT molecular complexity index is 1880. The number of aromatic nitrogens is 2. The molecule has 0 aliphatic heterocycles. The number of rotatable bonds is 10. The van der Waals surface area contributed by atoms with Crippen LogP contribution < -0.4 is 15.0 Å². The summed E-state index contributed by atoms with van der Waals surface area (Å²) in [5.41, 5.74) is 4.46. The SMILES string of the molecule is CCOc1cc(C)c(-c2nc3ccccc3c(=O)n2N=Cc2ccccc2OCc2ccc([N+](=O)[O-])cc2)cc1C(C)C. The fraction of sp³-hybridized carbons (Fsp3) is 0.206. The van der Waals surface area contributed by atoms with Crippen LogP contribution in [0.3, 0.4) is 0 Å². The summed E-state index contributed by atoms with van der Waals surface area (Å²) in [6.07, 6.45) is 1.58. The number of nitro groups is 1. The molecule has 43 heavy (non-hydrogen) atoms. The molecule has 9 nitrogen and oxygen atoms in total. The highest BCUT2D eigenvalue weighted by Crippen LogP contribution is 2.34. The second-order valence-electron chi connectivity index (χ2n) is 10.4. The smallest absolute Gasteiger partial charge is 0.282 e. The predicted octanol–water partition coefficient (Wildman–Crippen LogP) is 7.26. The Morgan fingerprint density at radius 3 is 2.42 bits per heavy atom. The third-order valence-corrected chi connectivity index (χ3v) is 7.05. The van der Waals surface area contributed by atoms with E-state index in [0.717, 1.165) is 28.0 Å². The molecule has 0 unspecified atom stereocenters. The van der Waals surface area contributed by atoms with E-state index in [0.29, 0.717) is 34.6 Å². The summed E-state index contributed by atoms with van der Waals surface area (Å²) in [7, 11) is 0. The van der Waals surface area contributed by atoms with Crippen molar-refractivity contribution in [3.63, 3.8) is 0 Å². The van der Waals surface area contributed by atoms with Crippen LogP contribution in [-0.2, 0) is 6.61 Å². The van der Waals surface area contributed by atoms with E-state index >= 15 is 0 Å². The van der Waals surface area contributed by atoms with E-state index in [1.54, 1.807) is 36.5 Å². The zero-order chi connectivity index (χ0) is 30.5. The van der Waals surface area contributed by atoms with Crippen molar-refractivity contribution in [3.05, 3.63) is 128 Å². The van der Waals surface area contributed by atoms with Gasteiger partial charge >= 0.3 is 0 Å². The van der Waals surface area contributed by atoms with Crippen molar-refractivity contribution in [2.45, 2.75) is 40.2 Å². The molecule has 0 saturated heterocycles. The third kappa shape index (κ3) is 6.30. The number of para-hydroxylation sites is 2. The van der Waals surface area contributed by atoms with Crippen LogP contribution in [0.5, 0.6) is 11.5 Å². The summed E-state index contributed by atoms with van der Waals surface area (Å²) in [5, 5.41) is 16.1. The highest BCUT2D eigenvalue weighted by Gasteiger charge is 2.19. The van der Waals surface area contributed by atoms with Gasteiger partial charge in [0.25, 0.3) is 11.2 Å². The van der Waals surface area contributed by atoms with Crippen LogP contribution >= 0.6 is 0 Å². The lowest BCUT2D eigenvalue weighted by Gasteiger charge is -2.18. The molecule has 1 heterocycles. The number of fused-ring (bicyclic) bond motifs is 1. The van der Waals surface area contributed by atoms with Gasteiger partial charge in [-0.25, -0.2) is 4.98 Å². The van der Waals surface area contributed by atoms with Crippen LogP contribution in [0.1, 0.15) is 48.9 Å². The average Bonchev–Trinajstić information content (AvgIpc) is 3.00. The first-order valence-corrected chi connectivity index (χ1v) is 14.1. The molecular formula is C34H32N4O5. The Labute approximate surface area is 249 Å². The first kappa shape index (κ1) is 29.2. The van der Waals surface area contributed by atoms with Crippen LogP contribution in [-0.4, -0.2) is 27.4 Å². The van der Waals surface area contributed by atoms with Crippen molar-refractivity contribution in [2.75, 3.05) is 6.61 Å². The average molecular weight is 577 g/mol. The van der Waals surface area contributed by atoms with Gasteiger partial charge in [-0.3, -0.25) is 14.9 Å². The molecule has 218 valence electrons. The van der Waals surface area contributed by atoms with E-state index in [1.807, 2.05) is 56.3 Å². The van der Waals surface area contributed by atoms with E-state index in [1.165, 1.54) is 16.8 Å². The molecular weight excluding hydrogens is 544 g/mol. The van der Waals surface area contributed by atoms with Crippen molar-refractivity contribution in [1.82, 2.24) is 9.66 Å².